The zero-order chi connectivity index (χ0) is 15.6. The number of benzene rings is 2. The zero-order valence-electron chi connectivity index (χ0n) is 13.0. The van der Waals surface area contributed by atoms with Gasteiger partial charge in [0.15, 0.2) is 0 Å². The molecule has 0 nitrogen and oxygen atoms in total. The quantitative estimate of drug-likeness (QED) is 0.549. The third-order valence-corrected chi connectivity index (χ3v) is 4.84. The summed E-state index contributed by atoms with van der Waals surface area (Å²) in [6.07, 6.45) is 0. The van der Waals surface area contributed by atoms with Crippen LogP contribution in [-0.4, -0.2) is 0 Å². The lowest BCUT2D eigenvalue weighted by molar-refractivity contribution is 0.626. The summed E-state index contributed by atoms with van der Waals surface area (Å²) in [5.74, 6) is 0.758. The zero-order valence-corrected chi connectivity index (χ0v) is 14.6. The fraction of sp³-hybridized carbons (Fsp3) is 0.368. The molecule has 0 bridgehead atoms. The molecule has 2 aromatic carbocycles. The SMILES string of the molecule is CC(C)c1ccc(C(Br)c2cccc(F)c2)c(C(C)C)c1. The predicted molar refractivity (Wildman–Crippen MR) is 91.8 cm³/mol. The molecule has 0 saturated heterocycles. The van der Waals surface area contributed by atoms with E-state index in [0.29, 0.717) is 11.8 Å². The molecule has 0 N–H and O–H groups in total. The van der Waals surface area contributed by atoms with Crippen LogP contribution in [0.25, 0.3) is 0 Å². The first kappa shape index (κ1) is 16.2. The Morgan fingerprint density at radius 1 is 0.810 bits per heavy atom. The first-order valence-corrected chi connectivity index (χ1v) is 8.35. The van der Waals surface area contributed by atoms with Crippen LogP contribution in [0, 0.1) is 5.82 Å². The van der Waals surface area contributed by atoms with Gasteiger partial charge < -0.3 is 0 Å². The Hall–Kier alpha value is -1.15. The summed E-state index contributed by atoms with van der Waals surface area (Å²) >= 11 is 3.74. The first-order valence-electron chi connectivity index (χ1n) is 7.43. The highest BCUT2D eigenvalue weighted by Crippen LogP contribution is 2.37. The van der Waals surface area contributed by atoms with Crippen LogP contribution in [0.2, 0.25) is 0 Å². The van der Waals surface area contributed by atoms with Crippen molar-refractivity contribution in [1.29, 1.82) is 0 Å². The van der Waals surface area contributed by atoms with E-state index in [1.165, 1.54) is 22.8 Å². The van der Waals surface area contributed by atoms with Crippen molar-refractivity contribution in [2.24, 2.45) is 0 Å². The minimum atomic E-state index is -0.193. The van der Waals surface area contributed by atoms with E-state index in [1.807, 2.05) is 6.07 Å². The molecule has 0 saturated carbocycles. The monoisotopic (exact) mass is 348 g/mol. The molecule has 2 rings (SSSR count). The molecule has 0 amide bonds. The van der Waals surface area contributed by atoms with Gasteiger partial charge in [0.05, 0.1) is 4.83 Å². The molecular weight excluding hydrogens is 327 g/mol. The molecule has 0 aromatic heterocycles. The van der Waals surface area contributed by atoms with Gasteiger partial charge in [-0.2, -0.15) is 0 Å². The first-order chi connectivity index (χ1) is 9.90. The Kier molecular flexibility index (Phi) is 5.21. The molecule has 0 fully saturated rings. The van der Waals surface area contributed by atoms with Gasteiger partial charge in [0.1, 0.15) is 5.82 Å². The van der Waals surface area contributed by atoms with Gasteiger partial charge in [0, 0.05) is 0 Å². The number of hydrogen-bond acceptors (Lipinski definition) is 0. The van der Waals surface area contributed by atoms with Gasteiger partial charge in [-0.1, -0.05) is 74.0 Å². The van der Waals surface area contributed by atoms with Crippen LogP contribution in [-0.2, 0) is 0 Å². The molecule has 0 radical (unpaired) electrons. The molecular formula is C19H22BrF. The van der Waals surface area contributed by atoms with Crippen LogP contribution < -0.4 is 0 Å². The summed E-state index contributed by atoms with van der Waals surface area (Å²) in [7, 11) is 0. The molecule has 2 aromatic rings. The third kappa shape index (κ3) is 3.74. The van der Waals surface area contributed by atoms with Crippen molar-refractivity contribution < 1.29 is 4.39 Å². The molecule has 0 aliphatic heterocycles. The van der Waals surface area contributed by atoms with Crippen molar-refractivity contribution in [1.82, 2.24) is 0 Å². The average molecular weight is 349 g/mol. The highest BCUT2D eigenvalue weighted by molar-refractivity contribution is 9.09. The maximum absolute atomic E-state index is 13.5. The van der Waals surface area contributed by atoms with Gasteiger partial charge in [-0.3, -0.25) is 0 Å². The minimum absolute atomic E-state index is 0.0202. The van der Waals surface area contributed by atoms with Gasteiger partial charge in [0.25, 0.3) is 0 Å². The van der Waals surface area contributed by atoms with E-state index in [9.17, 15) is 4.39 Å². The van der Waals surface area contributed by atoms with Gasteiger partial charge >= 0.3 is 0 Å². The highest BCUT2D eigenvalue weighted by atomic mass is 79.9. The van der Waals surface area contributed by atoms with Crippen molar-refractivity contribution in [2.45, 2.75) is 44.4 Å². The van der Waals surface area contributed by atoms with E-state index in [-0.39, 0.29) is 10.6 Å². The largest absolute Gasteiger partial charge is 0.207 e. The van der Waals surface area contributed by atoms with Crippen molar-refractivity contribution in [3.05, 3.63) is 70.5 Å². The second-order valence-electron chi connectivity index (χ2n) is 6.12. The summed E-state index contributed by atoms with van der Waals surface area (Å²) in [5.41, 5.74) is 4.85. The van der Waals surface area contributed by atoms with Crippen LogP contribution in [0.1, 0.15) is 66.6 Å². The smallest absolute Gasteiger partial charge is 0.123 e. The Morgan fingerprint density at radius 3 is 2.10 bits per heavy atom. The molecule has 21 heavy (non-hydrogen) atoms. The van der Waals surface area contributed by atoms with Gasteiger partial charge in [-0.25, -0.2) is 4.39 Å². The van der Waals surface area contributed by atoms with E-state index >= 15 is 0 Å². The van der Waals surface area contributed by atoms with Gasteiger partial charge in [0.2, 0.25) is 0 Å². The molecule has 1 unspecified atom stereocenters. The second kappa shape index (κ2) is 6.74. The summed E-state index contributed by atoms with van der Waals surface area (Å²) in [5, 5.41) is 0. The molecule has 0 aliphatic carbocycles. The number of rotatable bonds is 4. The van der Waals surface area contributed by atoms with E-state index in [0.717, 1.165) is 5.56 Å². The van der Waals surface area contributed by atoms with Crippen LogP contribution in [0.5, 0.6) is 0 Å². The van der Waals surface area contributed by atoms with Crippen LogP contribution in [0.3, 0.4) is 0 Å². The van der Waals surface area contributed by atoms with E-state index in [1.54, 1.807) is 12.1 Å². The summed E-state index contributed by atoms with van der Waals surface area (Å²) in [6.45, 7) is 8.82. The Labute approximate surface area is 135 Å². The molecule has 0 aliphatic rings. The molecule has 2 heteroatoms. The lowest BCUT2D eigenvalue weighted by atomic mass is 9.89. The van der Waals surface area contributed by atoms with E-state index < -0.39 is 0 Å². The van der Waals surface area contributed by atoms with Crippen molar-refractivity contribution in [2.75, 3.05) is 0 Å². The molecule has 112 valence electrons. The van der Waals surface area contributed by atoms with Crippen LogP contribution in [0.15, 0.2) is 42.5 Å². The fourth-order valence-electron chi connectivity index (χ4n) is 2.53. The average Bonchev–Trinajstić information content (AvgIpc) is 2.45. The fourth-order valence-corrected chi connectivity index (χ4v) is 3.23. The third-order valence-electron chi connectivity index (χ3n) is 3.81. The molecule has 0 heterocycles. The topological polar surface area (TPSA) is 0 Å². The van der Waals surface area contributed by atoms with Crippen molar-refractivity contribution >= 4 is 15.9 Å². The maximum Gasteiger partial charge on any atom is 0.123 e. The van der Waals surface area contributed by atoms with Crippen molar-refractivity contribution in [3.8, 4) is 0 Å². The number of alkyl halides is 1. The standard InChI is InChI=1S/C19H22BrF/c1-12(2)14-8-9-17(18(11-14)13(3)4)19(20)15-6-5-7-16(21)10-15/h5-13,19H,1-4H3. The summed E-state index contributed by atoms with van der Waals surface area (Å²) in [6, 6.07) is 13.4. The van der Waals surface area contributed by atoms with Crippen molar-refractivity contribution in [3.63, 3.8) is 0 Å². The lowest BCUT2D eigenvalue weighted by Crippen LogP contribution is -2.03. The molecule has 1 atom stereocenters. The van der Waals surface area contributed by atoms with E-state index in [4.69, 9.17) is 0 Å². The molecule has 0 spiro atoms. The van der Waals surface area contributed by atoms with E-state index in [2.05, 4.69) is 61.8 Å². The second-order valence-corrected chi connectivity index (χ2v) is 7.03. The Bertz CT molecular complexity index is 617. The number of halogens is 2. The van der Waals surface area contributed by atoms with Crippen LogP contribution in [0.4, 0.5) is 4.39 Å². The minimum Gasteiger partial charge on any atom is -0.207 e. The highest BCUT2D eigenvalue weighted by Gasteiger charge is 2.17. The summed E-state index contributed by atoms with van der Waals surface area (Å²) in [4.78, 5) is 0.0202. The van der Waals surface area contributed by atoms with Crippen LogP contribution >= 0.6 is 15.9 Å². The van der Waals surface area contributed by atoms with Gasteiger partial charge in [-0.15, -0.1) is 0 Å². The summed E-state index contributed by atoms with van der Waals surface area (Å²) < 4.78 is 13.5. The number of hydrogen-bond donors (Lipinski definition) is 0. The lowest BCUT2D eigenvalue weighted by Gasteiger charge is -2.20. The normalized spacial score (nSPS) is 13.0. The maximum atomic E-state index is 13.5. The Morgan fingerprint density at radius 2 is 1.52 bits per heavy atom. The van der Waals surface area contributed by atoms with Gasteiger partial charge in [-0.05, 0) is 46.2 Å². The Balaban J connectivity index is 2.47. The predicted octanol–water partition coefficient (Wildman–Crippen LogP) is 6.56.